The molecule has 2 aromatic carbocycles. The molecule has 11 nitrogen and oxygen atoms in total. The van der Waals surface area contributed by atoms with Crippen molar-refractivity contribution in [3.05, 3.63) is 71.8 Å². The van der Waals surface area contributed by atoms with Crippen molar-refractivity contribution in [1.82, 2.24) is 10.0 Å². The predicted octanol–water partition coefficient (Wildman–Crippen LogP) is 4.33. The van der Waals surface area contributed by atoms with Crippen LogP contribution in [0.15, 0.2) is 60.7 Å². The lowest BCUT2D eigenvalue weighted by Gasteiger charge is -2.43. The summed E-state index contributed by atoms with van der Waals surface area (Å²) in [5.41, 5.74) is 0.660. The summed E-state index contributed by atoms with van der Waals surface area (Å²) in [6.07, 6.45) is -2.22. The van der Waals surface area contributed by atoms with E-state index in [-0.39, 0.29) is 39.0 Å². The number of carbonyl (C=O) groups is 5. The number of ether oxygens (including phenoxy) is 4. The molecule has 2 atom stereocenters. The molecule has 42 heavy (non-hydrogen) atoms. The van der Waals surface area contributed by atoms with Gasteiger partial charge in [-0.2, -0.15) is 0 Å². The van der Waals surface area contributed by atoms with Crippen LogP contribution in [0, 0.1) is 0 Å². The third kappa shape index (κ3) is 9.90. The Morgan fingerprint density at radius 3 is 2.00 bits per heavy atom. The van der Waals surface area contributed by atoms with Crippen molar-refractivity contribution in [1.29, 1.82) is 0 Å². The van der Waals surface area contributed by atoms with Gasteiger partial charge in [-0.1, -0.05) is 60.7 Å². The highest BCUT2D eigenvalue weighted by Crippen LogP contribution is 2.25. The zero-order valence-corrected chi connectivity index (χ0v) is 24.4. The van der Waals surface area contributed by atoms with Gasteiger partial charge in [-0.05, 0) is 44.7 Å². The van der Waals surface area contributed by atoms with E-state index in [1.165, 1.54) is 0 Å². The second-order valence-electron chi connectivity index (χ2n) is 10.8. The molecule has 1 heterocycles. The molecule has 11 heteroatoms. The fourth-order valence-corrected chi connectivity index (χ4v) is 4.31. The maximum atomic E-state index is 13.9. The van der Waals surface area contributed by atoms with Gasteiger partial charge in [-0.15, -0.1) is 0 Å². The molecule has 0 aromatic heterocycles. The maximum absolute atomic E-state index is 13.9. The highest BCUT2D eigenvalue weighted by Gasteiger charge is 2.45. The quantitative estimate of drug-likeness (QED) is 0.297. The largest absolute Gasteiger partial charge is 0.461 e. The van der Waals surface area contributed by atoms with E-state index in [1.807, 2.05) is 24.3 Å². The Kier molecular flexibility index (Phi) is 11.5. The maximum Gasteiger partial charge on any atom is 0.429 e. The molecular formula is C31H38N2O9. The summed E-state index contributed by atoms with van der Waals surface area (Å²) >= 11 is 0. The zero-order chi connectivity index (χ0) is 30.7. The van der Waals surface area contributed by atoms with Crippen molar-refractivity contribution in [3.8, 4) is 0 Å². The second-order valence-corrected chi connectivity index (χ2v) is 10.8. The third-order valence-electron chi connectivity index (χ3n) is 6.16. The Balaban J connectivity index is 1.80. The van der Waals surface area contributed by atoms with Crippen LogP contribution in [0.1, 0.15) is 64.5 Å². The van der Waals surface area contributed by atoms with Crippen LogP contribution in [0.25, 0.3) is 0 Å². The van der Waals surface area contributed by atoms with Crippen LogP contribution in [0.4, 0.5) is 4.79 Å². The summed E-state index contributed by atoms with van der Waals surface area (Å²) in [6, 6.07) is 16.9. The molecule has 0 bridgehead atoms. The molecule has 1 aliphatic rings. The smallest absolute Gasteiger partial charge is 0.429 e. The second kappa shape index (κ2) is 15.0. The van der Waals surface area contributed by atoms with E-state index in [0.29, 0.717) is 6.42 Å². The monoisotopic (exact) mass is 582 g/mol. The Morgan fingerprint density at radius 1 is 0.881 bits per heavy atom. The Hall–Kier alpha value is -4.41. The number of hydrogen-bond acceptors (Lipinski definition) is 9. The Bertz CT molecular complexity index is 1230. The molecule has 2 amide bonds. The summed E-state index contributed by atoms with van der Waals surface area (Å²) in [4.78, 5) is 64.9. The van der Waals surface area contributed by atoms with E-state index < -0.39 is 47.7 Å². The molecule has 2 aromatic rings. The van der Waals surface area contributed by atoms with Crippen molar-refractivity contribution in [2.75, 3.05) is 6.54 Å². The molecule has 226 valence electrons. The molecule has 0 saturated carbocycles. The number of benzene rings is 2. The van der Waals surface area contributed by atoms with Crippen molar-refractivity contribution in [2.45, 2.75) is 84.3 Å². The van der Waals surface area contributed by atoms with Gasteiger partial charge in [0.05, 0.1) is 0 Å². The summed E-state index contributed by atoms with van der Waals surface area (Å²) in [6.45, 7) is 6.25. The van der Waals surface area contributed by atoms with E-state index in [1.54, 1.807) is 57.2 Å². The fraction of sp³-hybridized carbons (Fsp3) is 0.452. The van der Waals surface area contributed by atoms with Crippen LogP contribution in [0.2, 0.25) is 0 Å². The van der Waals surface area contributed by atoms with E-state index in [4.69, 9.17) is 18.9 Å². The number of esters is 3. The molecule has 0 spiro atoms. The molecule has 0 N–H and O–H groups in total. The zero-order valence-electron chi connectivity index (χ0n) is 24.4. The minimum atomic E-state index is -1.47. The van der Waals surface area contributed by atoms with Gasteiger partial charge >= 0.3 is 24.0 Å². The number of amides is 2. The van der Waals surface area contributed by atoms with E-state index in [9.17, 15) is 24.0 Å². The van der Waals surface area contributed by atoms with Crippen molar-refractivity contribution in [2.24, 2.45) is 0 Å². The van der Waals surface area contributed by atoms with Crippen molar-refractivity contribution >= 4 is 29.9 Å². The number of rotatable bonds is 10. The van der Waals surface area contributed by atoms with E-state index >= 15 is 0 Å². The Morgan fingerprint density at radius 2 is 1.45 bits per heavy atom. The Labute approximate surface area is 245 Å². The summed E-state index contributed by atoms with van der Waals surface area (Å²) in [5, 5.41) is 1.99. The SMILES string of the molecule is CC(=O)O[C@@H](CCC(=O)OCc1ccccc1)C(=O)N1[C@H](C(=O)OC(C)(C)C)CCCN1C(=O)OCc1ccccc1. The van der Waals surface area contributed by atoms with Crippen molar-refractivity contribution in [3.63, 3.8) is 0 Å². The van der Waals surface area contributed by atoms with Gasteiger partial charge in [0.2, 0.25) is 0 Å². The van der Waals surface area contributed by atoms with E-state index in [2.05, 4.69) is 0 Å². The van der Waals surface area contributed by atoms with Gasteiger partial charge in [-0.25, -0.2) is 19.6 Å². The third-order valence-corrected chi connectivity index (χ3v) is 6.16. The first-order chi connectivity index (χ1) is 19.9. The van der Waals surface area contributed by atoms with Crippen LogP contribution in [-0.4, -0.2) is 64.2 Å². The van der Waals surface area contributed by atoms with E-state index in [0.717, 1.165) is 28.1 Å². The van der Waals surface area contributed by atoms with Crippen LogP contribution in [0.3, 0.4) is 0 Å². The highest BCUT2D eigenvalue weighted by atomic mass is 16.6. The lowest BCUT2D eigenvalue weighted by molar-refractivity contribution is -0.188. The van der Waals surface area contributed by atoms with Crippen LogP contribution >= 0.6 is 0 Å². The number of hydrogen-bond donors (Lipinski definition) is 0. The molecule has 1 fully saturated rings. The lowest BCUT2D eigenvalue weighted by Crippen LogP contribution is -2.63. The van der Waals surface area contributed by atoms with Crippen molar-refractivity contribution < 1.29 is 42.9 Å². The lowest BCUT2D eigenvalue weighted by atomic mass is 10.1. The topological polar surface area (TPSA) is 129 Å². The minimum absolute atomic E-state index is 0.0414. The molecule has 3 rings (SSSR count). The van der Waals surface area contributed by atoms with Crippen LogP contribution < -0.4 is 0 Å². The van der Waals surface area contributed by atoms with Gasteiger partial charge in [0.15, 0.2) is 12.1 Å². The van der Waals surface area contributed by atoms with Crippen LogP contribution in [-0.2, 0) is 51.3 Å². The molecule has 1 aliphatic heterocycles. The fourth-order valence-electron chi connectivity index (χ4n) is 4.31. The average Bonchev–Trinajstić information content (AvgIpc) is 2.96. The number of hydrazine groups is 1. The minimum Gasteiger partial charge on any atom is -0.461 e. The first-order valence-electron chi connectivity index (χ1n) is 13.9. The van der Waals surface area contributed by atoms with Gasteiger partial charge in [0.1, 0.15) is 18.8 Å². The molecule has 0 radical (unpaired) electrons. The summed E-state index contributed by atoms with van der Waals surface area (Å²) in [7, 11) is 0. The molecular weight excluding hydrogens is 544 g/mol. The average molecular weight is 583 g/mol. The van der Waals surface area contributed by atoms with Gasteiger partial charge < -0.3 is 18.9 Å². The number of nitrogens with zero attached hydrogens (tertiary/aromatic N) is 2. The van der Waals surface area contributed by atoms with Gasteiger partial charge in [0.25, 0.3) is 5.91 Å². The summed E-state index contributed by atoms with van der Waals surface area (Å²) < 4.78 is 21.6. The molecule has 0 unspecified atom stereocenters. The first-order valence-corrected chi connectivity index (χ1v) is 13.9. The number of carbonyl (C=O) groups excluding carboxylic acids is 5. The standard InChI is InChI=1S/C31H38N2O9/c1-22(34)41-26(17-18-27(35)39-20-23-12-7-5-8-13-23)28(36)33-25(29(37)42-31(2,3)4)16-11-19-32(33)30(38)40-21-24-14-9-6-10-15-24/h5-10,12-15,25-26H,11,16-21H2,1-4H3/t25-,26-/m0/s1. The van der Waals surface area contributed by atoms with Gasteiger partial charge in [0, 0.05) is 26.3 Å². The normalized spacial score (nSPS) is 15.8. The first kappa shape index (κ1) is 32.1. The van der Waals surface area contributed by atoms with Crippen LogP contribution in [0.5, 0.6) is 0 Å². The summed E-state index contributed by atoms with van der Waals surface area (Å²) in [5.74, 6) is -2.95. The predicted molar refractivity (Wildman–Crippen MR) is 150 cm³/mol. The highest BCUT2D eigenvalue weighted by molar-refractivity contribution is 5.90. The van der Waals surface area contributed by atoms with Gasteiger partial charge in [-0.3, -0.25) is 14.4 Å². The molecule has 1 saturated heterocycles. The molecule has 0 aliphatic carbocycles.